The van der Waals surface area contributed by atoms with Crippen molar-refractivity contribution < 1.29 is 9.59 Å². The lowest BCUT2D eigenvalue weighted by Crippen LogP contribution is -2.35. The second-order valence-corrected chi connectivity index (χ2v) is 4.67. The average molecular weight is 296 g/mol. The summed E-state index contributed by atoms with van der Waals surface area (Å²) in [6.45, 7) is 0.782. The van der Waals surface area contributed by atoms with Gasteiger partial charge < -0.3 is 4.90 Å². The fourth-order valence-corrected chi connectivity index (χ4v) is 2.31. The number of rotatable bonds is 3. The van der Waals surface area contributed by atoms with Crippen molar-refractivity contribution in [3.05, 3.63) is 29.8 Å². The number of hydrogen-bond acceptors (Lipinski definition) is 2. The van der Waals surface area contributed by atoms with E-state index in [1.807, 2.05) is 12.1 Å². The third-order valence-corrected chi connectivity index (χ3v) is 3.46. The number of amides is 1. The third-order valence-electron chi connectivity index (χ3n) is 2.95. The zero-order valence-electron chi connectivity index (χ0n) is 9.49. The van der Waals surface area contributed by atoms with Gasteiger partial charge in [0.05, 0.1) is 5.33 Å². The van der Waals surface area contributed by atoms with Crippen LogP contribution in [0.4, 0.5) is 5.69 Å². The van der Waals surface area contributed by atoms with Crippen molar-refractivity contribution in [3.8, 4) is 0 Å². The average Bonchev–Trinajstić information content (AvgIpc) is 2.39. The van der Waals surface area contributed by atoms with Gasteiger partial charge in [0, 0.05) is 24.2 Å². The Labute approximate surface area is 109 Å². The van der Waals surface area contributed by atoms with Crippen molar-refractivity contribution in [3.63, 3.8) is 0 Å². The van der Waals surface area contributed by atoms with Crippen LogP contribution in [0, 0.1) is 0 Å². The molecule has 1 aromatic carbocycles. The van der Waals surface area contributed by atoms with Crippen molar-refractivity contribution in [2.24, 2.45) is 0 Å². The highest BCUT2D eigenvalue weighted by Crippen LogP contribution is 2.21. The van der Waals surface area contributed by atoms with Gasteiger partial charge >= 0.3 is 0 Å². The molecule has 3 nitrogen and oxygen atoms in total. The molecule has 1 saturated heterocycles. The highest BCUT2D eigenvalue weighted by atomic mass is 79.9. The summed E-state index contributed by atoms with van der Waals surface area (Å²) in [6.07, 6.45) is 2.66. The quantitative estimate of drug-likeness (QED) is 0.635. The van der Waals surface area contributed by atoms with E-state index in [0.717, 1.165) is 25.1 Å². The van der Waals surface area contributed by atoms with E-state index in [-0.39, 0.29) is 11.7 Å². The Balaban J connectivity index is 2.17. The molecule has 1 aromatic rings. The van der Waals surface area contributed by atoms with Crippen LogP contribution in [0.15, 0.2) is 24.3 Å². The predicted octanol–water partition coefficient (Wildman–Crippen LogP) is 2.78. The lowest BCUT2D eigenvalue weighted by Gasteiger charge is -2.26. The van der Waals surface area contributed by atoms with Gasteiger partial charge in [0.1, 0.15) is 0 Å². The van der Waals surface area contributed by atoms with Crippen molar-refractivity contribution in [2.45, 2.75) is 19.3 Å². The van der Waals surface area contributed by atoms with Crippen molar-refractivity contribution >= 4 is 33.3 Å². The lowest BCUT2D eigenvalue weighted by atomic mass is 10.1. The molecule has 0 bridgehead atoms. The first-order valence-corrected chi connectivity index (χ1v) is 6.84. The highest BCUT2D eigenvalue weighted by molar-refractivity contribution is 9.09. The van der Waals surface area contributed by atoms with Crippen molar-refractivity contribution in [1.82, 2.24) is 0 Å². The van der Waals surface area contributed by atoms with Gasteiger partial charge in [0.2, 0.25) is 5.91 Å². The standard InChI is InChI=1S/C13H14BrNO2/c14-9-12(16)10-4-6-11(7-5-10)15-8-2-1-3-13(15)17/h4-7H,1-3,8-9H2. The van der Waals surface area contributed by atoms with Crippen LogP contribution in [-0.4, -0.2) is 23.6 Å². The fraction of sp³-hybridized carbons (Fsp3) is 0.385. The summed E-state index contributed by atoms with van der Waals surface area (Å²) >= 11 is 3.14. The van der Waals surface area contributed by atoms with Crippen LogP contribution >= 0.6 is 15.9 Å². The monoisotopic (exact) mass is 295 g/mol. The number of Topliss-reactive ketones (excluding diaryl/α,β-unsaturated/α-hetero) is 1. The number of piperidine rings is 1. The van der Waals surface area contributed by atoms with E-state index in [2.05, 4.69) is 15.9 Å². The van der Waals surface area contributed by atoms with Crippen LogP contribution in [0.3, 0.4) is 0 Å². The Morgan fingerprint density at radius 1 is 1.24 bits per heavy atom. The van der Waals surface area contributed by atoms with Crippen LogP contribution in [0.25, 0.3) is 0 Å². The molecule has 2 rings (SSSR count). The van der Waals surface area contributed by atoms with Crippen molar-refractivity contribution in [1.29, 1.82) is 0 Å². The first-order valence-electron chi connectivity index (χ1n) is 5.72. The molecule has 17 heavy (non-hydrogen) atoms. The maximum absolute atomic E-state index is 11.7. The number of hydrogen-bond donors (Lipinski definition) is 0. The van der Waals surface area contributed by atoms with Crippen LogP contribution < -0.4 is 4.90 Å². The number of alkyl halides is 1. The molecule has 4 heteroatoms. The number of benzene rings is 1. The van der Waals surface area contributed by atoms with E-state index < -0.39 is 0 Å². The van der Waals surface area contributed by atoms with Gasteiger partial charge in [-0.15, -0.1) is 0 Å². The molecule has 1 fully saturated rings. The topological polar surface area (TPSA) is 37.4 Å². The van der Waals surface area contributed by atoms with Gasteiger partial charge in [-0.1, -0.05) is 15.9 Å². The number of carbonyl (C=O) groups is 2. The second kappa shape index (κ2) is 5.45. The maximum Gasteiger partial charge on any atom is 0.226 e. The molecule has 1 heterocycles. The first-order chi connectivity index (χ1) is 8.22. The van der Waals surface area contributed by atoms with Gasteiger partial charge in [-0.3, -0.25) is 9.59 Å². The van der Waals surface area contributed by atoms with E-state index in [0.29, 0.717) is 17.3 Å². The normalized spacial score (nSPS) is 16.1. The van der Waals surface area contributed by atoms with Gasteiger partial charge in [-0.2, -0.15) is 0 Å². The number of anilines is 1. The maximum atomic E-state index is 11.7. The number of ketones is 1. The summed E-state index contributed by atoms with van der Waals surface area (Å²) < 4.78 is 0. The second-order valence-electron chi connectivity index (χ2n) is 4.11. The summed E-state index contributed by atoms with van der Waals surface area (Å²) in [4.78, 5) is 25.0. The van der Waals surface area contributed by atoms with Gasteiger partial charge in [0.25, 0.3) is 0 Å². The predicted molar refractivity (Wildman–Crippen MR) is 70.8 cm³/mol. The Morgan fingerprint density at radius 2 is 1.94 bits per heavy atom. The van der Waals surface area contributed by atoms with Gasteiger partial charge in [-0.25, -0.2) is 0 Å². The molecule has 0 atom stereocenters. The molecule has 90 valence electrons. The molecule has 0 N–H and O–H groups in total. The molecule has 1 aliphatic rings. The van der Waals surface area contributed by atoms with Gasteiger partial charge in [0.15, 0.2) is 5.78 Å². The van der Waals surface area contributed by atoms with Crippen LogP contribution in [0.2, 0.25) is 0 Å². The SMILES string of the molecule is O=C(CBr)c1ccc(N2CCCCC2=O)cc1. The minimum absolute atomic E-state index is 0.0570. The summed E-state index contributed by atoms with van der Waals surface area (Å²) in [6, 6.07) is 7.25. The zero-order valence-corrected chi connectivity index (χ0v) is 11.1. The summed E-state index contributed by atoms with van der Waals surface area (Å²) in [5.41, 5.74) is 1.57. The molecule has 1 amide bonds. The fourth-order valence-electron chi connectivity index (χ4n) is 1.98. The largest absolute Gasteiger partial charge is 0.312 e. The highest BCUT2D eigenvalue weighted by Gasteiger charge is 2.19. The number of carbonyl (C=O) groups excluding carboxylic acids is 2. The summed E-state index contributed by atoms with van der Waals surface area (Å²) in [5, 5.41) is 0.328. The molecule has 0 aliphatic carbocycles. The van der Waals surface area contributed by atoms with Crippen LogP contribution in [0.5, 0.6) is 0 Å². The number of nitrogens with zero attached hydrogens (tertiary/aromatic N) is 1. The van der Waals surface area contributed by atoms with E-state index in [9.17, 15) is 9.59 Å². The Hall–Kier alpha value is -1.16. The van der Waals surface area contributed by atoms with Crippen LogP contribution in [0.1, 0.15) is 29.6 Å². The molecule has 1 aliphatic heterocycles. The first kappa shape index (κ1) is 12.3. The lowest BCUT2D eigenvalue weighted by molar-refractivity contribution is -0.119. The minimum atomic E-state index is 0.0570. The van der Waals surface area contributed by atoms with Gasteiger partial charge in [-0.05, 0) is 37.1 Å². The van der Waals surface area contributed by atoms with Crippen molar-refractivity contribution in [2.75, 3.05) is 16.8 Å². The molecule has 0 unspecified atom stereocenters. The Bertz CT molecular complexity index is 428. The van der Waals surface area contributed by atoms with E-state index in [1.54, 1.807) is 17.0 Å². The molecule has 0 saturated carbocycles. The van der Waals surface area contributed by atoms with E-state index >= 15 is 0 Å². The zero-order chi connectivity index (χ0) is 12.3. The van der Waals surface area contributed by atoms with E-state index in [1.165, 1.54) is 0 Å². The smallest absolute Gasteiger partial charge is 0.226 e. The Kier molecular flexibility index (Phi) is 3.94. The molecule has 0 spiro atoms. The minimum Gasteiger partial charge on any atom is -0.312 e. The van der Waals surface area contributed by atoms with E-state index in [4.69, 9.17) is 0 Å². The molecule has 0 aromatic heterocycles. The molecule has 0 radical (unpaired) electrons. The molecular weight excluding hydrogens is 282 g/mol. The summed E-state index contributed by atoms with van der Waals surface area (Å²) in [5.74, 6) is 0.234. The summed E-state index contributed by atoms with van der Waals surface area (Å²) in [7, 11) is 0. The third kappa shape index (κ3) is 2.75. The molecular formula is C13H14BrNO2. The Morgan fingerprint density at radius 3 is 2.53 bits per heavy atom. The van der Waals surface area contributed by atoms with Crippen LogP contribution in [-0.2, 0) is 4.79 Å². The number of halogens is 1.